The lowest BCUT2D eigenvalue weighted by atomic mass is 10.2. The lowest BCUT2D eigenvalue weighted by molar-refractivity contribution is 0.0519. The van der Waals surface area contributed by atoms with Crippen LogP contribution in [0.5, 0.6) is 0 Å². The van der Waals surface area contributed by atoms with Crippen LogP contribution in [0, 0.1) is 0 Å². The third-order valence-electron chi connectivity index (χ3n) is 2.41. The Morgan fingerprint density at radius 3 is 2.85 bits per heavy atom. The normalized spacial score (nSPS) is 10.3. The Morgan fingerprint density at radius 1 is 1.45 bits per heavy atom. The van der Waals surface area contributed by atoms with Gasteiger partial charge in [0.05, 0.1) is 24.1 Å². The zero-order valence-electron chi connectivity index (χ0n) is 10.4. The summed E-state index contributed by atoms with van der Waals surface area (Å²) in [6.45, 7) is 1.88. The molecule has 0 atom stereocenters. The molecule has 104 valence electrons. The van der Waals surface area contributed by atoms with Crippen LogP contribution in [-0.2, 0) is 4.74 Å². The predicted molar refractivity (Wildman–Crippen MR) is 69.3 cm³/mol. The quantitative estimate of drug-likeness (QED) is 0.864. The van der Waals surface area contributed by atoms with Gasteiger partial charge in [0, 0.05) is 5.02 Å². The van der Waals surface area contributed by atoms with Crippen molar-refractivity contribution >= 4 is 23.5 Å². The molecule has 0 aliphatic heterocycles. The lowest BCUT2D eigenvalue weighted by Gasteiger charge is -2.05. The summed E-state index contributed by atoms with van der Waals surface area (Å²) in [5.74, 6) is -1.76. The topological polar surface area (TPSA) is 94.3 Å². The van der Waals surface area contributed by atoms with Crippen LogP contribution in [0.25, 0.3) is 5.69 Å². The number of carboxylic acids is 1. The third kappa shape index (κ3) is 2.77. The van der Waals surface area contributed by atoms with E-state index in [9.17, 15) is 9.59 Å². The van der Waals surface area contributed by atoms with Gasteiger partial charge >= 0.3 is 11.9 Å². The van der Waals surface area contributed by atoms with Gasteiger partial charge in [-0.15, -0.1) is 5.10 Å². The third-order valence-corrected chi connectivity index (χ3v) is 2.65. The maximum atomic E-state index is 11.5. The number of ether oxygens (including phenoxy) is 1. The number of aromatic nitrogens is 3. The van der Waals surface area contributed by atoms with Gasteiger partial charge in [-0.3, -0.25) is 0 Å². The average molecular weight is 296 g/mol. The number of hydrogen-bond acceptors (Lipinski definition) is 5. The van der Waals surface area contributed by atoms with Gasteiger partial charge < -0.3 is 9.84 Å². The molecule has 0 aliphatic rings. The van der Waals surface area contributed by atoms with Crippen molar-refractivity contribution in [3.8, 4) is 5.69 Å². The lowest BCUT2D eigenvalue weighted by Crippen LogP contribution is -2.06. The van der Waals surface area contributed by atoms with Crippen molar-refractivity contribution in [2.24, 2.45) is 0 Å². The fourth-order valence-corrected chi connectivity index (χ4v) is 1.72. The minimum Gasteiger partial charge on any atom is -0.478 e. The van der Waals surface area contributed by atoms with Crippen molar-refractivity contribution in [3.63, 3.8) is 0 Å². The zero-order valence-corrected chi connectivity index (χ0v) is 11.2. The molecule has 0 radical (unpaired) electrons. The highest BCUT2D eigenvalue weighted by Gasteiger charge is 2.17. The molecule has 0 saturated carbocycles. The molecular weight excluding hydrogens is 286 g/mol. The first-order valence-electron chi connectivity index (χ1n) is 5.65. The Balaban J connectivity index is 2.44. The Morgan fingerprint density at radius 2 is 2.20 bits per heavy atom. The molecule has 0 spiro atoms. The Labute approximate surface area is 118 Å². The molecule has 2 aromatic rings. The highest BCUT2D eigenvalue weighted by Crippen LogP contribution is 2.19. The number of halogens is 1. The van der Waals surface area contributed by atoms with Gasteiger partial charge in [0.25, 0.3) is 0 Å². The number of nitrogens with zero attached hydrogens (tertiary/aromatic N) is 3. The number of benzene rings is 1. The second-order valence-electron chi connectivity index (χ2n) is 3.74. The van der Waals surface area contributed by atoms with Crippen molar-refractivity contribution in [1.29, 1.82) is 0 Å². The van der Waals surface area contributed by atoms with E-state index in [4.69, 9.17) is 21.4 Å². The molecule has 1 N–H and O–H groups in total. The summed E-state index contributed by atoms with van der Waals surface area (Å²) in [7, 11) is 0. The standard InChI is InChI=1S/C12H10ClN3O4/c1-2-20-12(19)9-6-16(15-14-9)10-5-7(13)3-4-8(10)11(17)18/h3-6H,2H2,1H3,(H,17,18). The maximum Gasteiger partial charge on any atom is 0.360 e. The van der Waals surface area contributed by atoms with Gasteiger partial charge in [0.15, 0.2) is 5.69 Å². The fourth-order valence-electron chi connectivity index (χ4n) is 1.56. The van der Waals surface area contributed by atoms with E-state index >= 15 is 0 Å². The molecule has 0 amide bonds. The summed E-state index contributed by atoms with van der Waals surface area (Å²) >= 11 is 5.84. The highest BCUT2D eigenvalue weighted by atomic mass is 35.5. The Hall–Kier alpha value is -2.41. The van der Waals surface area contributed by atoms with Crippen molar-refractivity contribution in [2.45, 2.75) is 6.92 Å². The summed E-state index contributed by atoms with van der Waals surface area (Å²) in [6.07, 6.45) is 1.29. The molecule has 8 heteroatoms. The van der Waals surface area contributed by atoms with E-state index in [-0.39, 0.29) is 23.6 Å². The molecule has 20 heavy (non-hydrogen) atoms. The van der Waals surface area contributed by atoms with Crippen molar-refractivity contribution in [1.82, 2.24) is 15.0 Å². The predicted octanol–water partition coefficient (Wildman–Crippen LogP) is 1.80. The number of carbonyl (C=O) groups excluding carboxylic acids is 1. The molecule has 0 saturated heterocycles. The highest BCUT2D eigenvalue weighted by molar-refractivity contribution is 6.30. The van der Waals surface area contributed by atoms with Gasteiger partial charge in [-0.25, -0.2) is 14.3 Å². The van der Waals surface area contributed by atoms with Crippen molar-refractivity contribution < 1.29 is 19.4 Å². The van der Waals surface area contributed by atoms with Gasteiger partial charge in [-0.1, -0.05) is 16.8 Å². The van der Waals surface area contributed by atoms with Crippen molar-refractivity contribution in [2.75, 3.05) is 6.61 Å². The molecule has 1 heterocycles. The summed E-state index contributed by atoms with van der Waals surface area (Å²) in [4.78, 5) is 22.6. The molecule has 1 aromatic heterocycles. The Kier molecular flexibility index (Phi) is 3.99. The molecule has 0 unspecified atom stereocenters. The minimum atomic E-state index is -1.13. The second-order valence-corrected chi connectivity index (χ2v) is 4.17. The monoisotopic (exact) mass is 295 g/mol. The van der Waals surface area contributed by atoms with Crippen LogP contribution in [0.1, 0.15) is 27.8 Å². The molecule has 2 rings (SSSR count). The van der Waals surface area contributed by atoms with Crippen LogP contribution in [0.4, 0.5) is 0 Å². The van der Waals surface area contributed by atoms with E-state index in [1.165, 1.54) is 29.1 Å². The fraction of sp³-hybridized carbons (Fsp3) is 0.167. The van der Waals surface area contributed by atoms with Crippen LogP contribution < -0.4 is 0 Å². The molecule has 0 bridgehead atoms. The van der Waals surface area contributed by atoms with Crippen molar-refractivity contribution in [3.05, 3.63) is 40.7 Å². The molecule has 7 nitrogen and oxygen atoms in total. The van der Waals surface area contributed by atoms with Gasteiger partial charge in [-0.05, 0) is 25.1 Å². The van der Waals surface area contributed by atoms with Crippen LogP contribution >= 0.6 is 11.6 Å². The van der Waals surface area contributed by atoms with E-state index in [2.05, 4.69) is 10.3 Å². The molecule has 0 aliphatic carbocycles. The second kappa shape index (κ2) is 5.70. The average Bonchev–Trinajstić information content (AvgIpc) is 2.88. The first-order valence-corrected chi connectivity index (χ1v) is 6.03. The molecule has 0 fully saturated rings. The van der Waals surface area contributed by atoms with E-state index < -0.39 is 11.9 Å². The number of aromatic carboxylic acids is 1. The summed E-state index contributed by atoms with van der Waals surface area (Å²) in [5, 5.41) is 16.8. The van der Waals surface area contributed by atoms with E-state index in [0.29, 0.717) is 5.02 Å². The van der Waals surface area contributed by atoms with E-state index in [1.807, 2.05) is 0 Å². The van der Waals surface area contributed by atoms with Crippen LogP contribution in [-0.4, -0.2) is 38.6 Å². The summed E-state index contributed by atoms with van der Waals surface area (Å²) in [6, 6.07) is 4.23. The summed E-state index contributed by atoms with van der Waals surface area (Å²) in [5.41, 5.74) is 0.200. The smallest absolute Gasteiger partial charge is 0.360 e. The van der Waals surface area contributed by atoms with Gasteiger partial charge in [0.1, 0.15) is 0 Å². The SMILES string of the molecule is CCOC(=O)c1cn(-c2cc(Cl)ccc2C(=O)O)nn1. The first kappa shape index (κ1) is 14.0. The first-order chi connectivity index (χ1) is 9.52. The number of carboxylic acid groups (broad SMARTS) is 1. The number of esters is 1. The number of hydrogen-bond donors (Lipinski definition) is 1. The number of rotatable bonds is 4. The van der Waals surface area contributed by atoms with E-state index in [1.54, 1.807) is 6.92 Å². The van der Waals surface area contributed by atoms with Gasteiger partial charge in [0.2, 0.25) is 0 Å². The Bertz CT molecular complexity index is 668. The summed E-state index contributed by atoms with van der Waals surface area (Å²) < 4.78 is 5.95. The molecule has 1 aromatic carbocycles. The molecular formula is C12H10ClN3O4. The zero-order chi connectivity index (χ0) is 14.7. The largest absolute Gasteiger partial charge is 0.478 e. The van der Waals surface area contributed by atoms with E-state index in [0.717, 1.165) is 0 Å². The minimum absolute atomic E-state index is 0.00490. The van der Waals surface area contributed by atoms with Crippen LogP contribution in [0.15, 0.2) is 24.4 Å². The van der Waals surface area contributed by atoms with Gasteiger partial charge in [-0.2, -0.15) is 0 Å². The maximum absolute atomic E-state index is 11.5. The number of carbonyl (C=O) groups is 2. The van der Waals surface area contributed by atoms with Crippen LogP contribution in [0.3, 0.4) is 0 Å². The van der Waals surface area contributed by atoms with Crippen LogP contribution in [0.2, 0.25) is 5.02 Å².